The summed E-state index contributed by atoms with van der Waals surface area (Å²) in [4.78, 5) is 0. The first kappa shape index (κ1) is 15.0. The standard InChI is InChI=1S/C14H31N/c1-9-14(7,11(2)3)10-13(5,6)12(4)15-8/h11-12,15H,9-10H2,1-8H3. The smallest absolute Gasteiger partial charge is 0.00871 e. The van der Waals surface area contributed by atoms with Crippen LogP contribution >= 0.6 is 0 Å². The molecule has 0 aliphatic heterocycles. The molecule has 0 spiro atoms. The lowest BCUT2D eigenvalue weighted by Crippen LogP contribution is -2.42. The maximum Gasteiger partial charge on any atom is 0.00871 e. The van der Waals surface area contributed by atoms with Gasteiger partial charge in [-0.1, -0.05) is 48.0 Å². The van der Waals surface area contributed by atoms with Gasteiger partial charge in [0.15, 0.2) is 0 Å². The first-order chi connectivity index (χ1) is 6.69. The Hall–Kier alpha value is -0.0400. The van der Waals surface area contributed by atoms with E-state index in [1.165, 1.54) is 12.8 Å². The summed E-state index contributed by atoms with van der Waals surface area (Å²) in [5, 5.41) is 3.39. The highest BCUT2D eigenvalue weighted by molar-refractivity contribution is 4.88. The van der Waals surface area contributed by atoms with Crippen molar-refractivity contribution in [1.29, 1.82) is 0 Å². The average Bonchev–Trinajstić information content (AvgIpc) is 2.15. The van der Waals surface area contributed by atoms with E-state index in [0.717, 1.165) is 5.92 Å². The maximum atomic E-state index is 3.39. The maximum absolute atomic E-state index is 3.39. The minimum atomic E-state index is 0.365. The van der Waals surface area contributed by atoms with E-state index in [2.05, 4.69) is 60.8 Å². The molecular formula is C14H31N. The second-order valence-electron chi connectivity index (χ2n) is 6.34. The van der Waals surface area contributed by atoms with Crippen molar-refractivity contribution in [2.24, 2.45) is 16.7 Å². The Balaban J connectivity index is 4.67. The average molecular weight is 213 g/mol. The van der Waals surface area contributed by atoms with Gasteiger partial charge in [0.05, 0.1) is 0 Å². The molecule has 1 nitrogen and oxygen atoms in total. The molecule has 0 fully saturated rings. The van der Waals surface area contributed by atoms with Crippen LogP contribution in [0.2, 0.25) is 0 Å². The minimum Gasteiger partial charge on any atom is -0.317 e. The van der Waals surface area contributed by atoms with E-state index in [-0.39, 0.29) is 0 Å². The van der Waals surface area contributed by atoms with Crippen molar-refractivity contribution in [1.82, 2.24) is 5.32 Å². The van der Waals surface area contributed by atoms with Crippen LogP contribution in [0, 0.1) is 16.7 Å². The van der Waals surface area contributed by atoms with Crippen LogP contribution in [0.25, 0.3) is 0 Å². The quantitative estimate of drug-likeness (QED) is 0.701. The molecule has 2 unspecified atom stereocenters. The molecule has 0 bridgehead atoms. The van der Waals surface area contributed by atoms with Crippen molar-refractivity contribution < 1.29 is 0 Å². The zero-order valence-electron chi connectivity index (χ0n) is 12.1. The van der Waals surface area contributed by atoms with Crippen molar-refractivity contribution in [3.8, 4) is 0 Å². The Labute approximate surface area is 97.0 Å². The summed E-state index contributed by atoms with van der Waals surface area (Å²) in [7, 11) is 2.06. The summed E-state index contributed by atoms with van der Waals surface area (Å²) >= 11 is 0. The monoisotopic (exact) mass is 213 g/mol. The molecule has 0 heterocycles. The third-order valence-corrected chi connectivity index (χ3v) is 4.67. The Morgan fingerprint density at radius 2 is 1.53 bits per heavy atom. The van der Waals surface area contributed by atoms with Gasteiger partial charge in [0.1, 0.15) is 0 Å². The molecule has 0 rings (SSSR count). The summed E-state index contributed by atoms with van der Waals surface area (Å²) in [6.45, 7) is 16.5. The van der Waals surface area contributed by atoms with Gasteiger partial charge in [-0.3, -0.25) is 0 Å². The van der Waals surface area contributed by atoms with Gasteiger partial charge in [0.2, 0.25) is 0 Å². The van der Waals surface area contributed by atoms with Gasteiger partial charge < -0.3 is 5.32 Å². The fourth-order valence-electron chi connectivity index (χ4n) is 2.32. The molecule has 2 atom stereocenters. The SMILES string of the molecule is CCC(C)(CC(C)(C)C(C)NC)C(C)C. The molecule has 92 valence electrons. The van der Waals surface area contributed by atoms with Crippen LogP contribution < -0.4 is 5.32 Å². The van der Waals surface area contributed by atoms with Crippen LogP contribution in [-0.4, -0.2) is 13.1 Å². The lowest BCUT2D eigenvalue weighted by atomic mass is 9.65. The summed E-state index contributed by atoms with van der Waals surface area (Å²) < 4.78 is 0. The lowest BCUT2D eigenvalue weighted by Gasteiger charge is -2.43. The molecule has 0 aliphatic rings. The van der Waals surface area contributed by atoms with Crippen LogP contribution in [0.5, 0.6) is 0 Å². The first-order valence-corrected chi connectivity index (χ1v) is 6.37. The molecule has 0 saturated heterocycles. The highest BCUT2D eigenvalue weighted by Gasteiger charge is 2.36. The zero-order valence-corrected chi connectivity index (χ0v) is 12.1. The third-order valence-electron chi connectivity index (χ3n) is 4.67. The van der Waals surface area contributed by atoms with E-state index in [4.69, 9.17) is 0 Å². The predicted octanol–water partition coefficient (Wildman–Crippen LogP) is 4.08. The van der Waals surface area contributed by atoms with Crippen molar-refractivity contribution >= 4 is 0 Å². The third kappa shape index (κ3) is 3.79. The molecule has 0 aromatic heterocycles. The molecule has 0 aromatic rings. The topological polar surface area (TPSA) is 12.0 Å². The zero-order chi connectivity index (χ0) is 12.3. The van der Waals surface area contributed by atoms with Crippen LogP contribution in [0.15, 0.2) is 0 Å². The Morgan fingerprint density at radius 1 is 1.07 bits per heavy atom. The van der Waals surface area contributed by atoms with Gasteiger partial charge in [-0.2, -0.15) is 0 Å². The van der Waals surface area contributed by atoms with E-state index in [9.17, 15) is 0 Å². The minimum absolute atomic E-state index is 0.365. The molecule has 1 heteroatoms. The van der Waals surface area contributed by atoms with Gasteiger partial charge in [-0.05, 0) is 37.1 Å². The van der Waals surface area contributed by atoms with E-state index >= 15 is 0 Å². The van der Waals surface area contributed by atoms with Crippen molar-refractivity contribution in [2.75, 3.05) is 7.05 Å². The second kappa shape index (κ2) is 5.34. The molecule has 0 radical (unpaired) electrons. The molecule has 0 aromatic carbocycles. The predicted molar refractivity (Wildman–Crippen MR) is 70.2 cm³/mol. The normalized spacial score (nSPS) is 19.0. The Kier molecular flexibility index (Phi) is 5.32. The highest BCUT2D eigenvalue weighted by atomic mass is 14.9. The van der Waals surface area contributed by atoms with Gasteiger partial charge in [0.25, 0.3) is 0 Å². The molecule has 0 aliphatic carbocycles. The Bertz CT molecular complexity index is 184. The molecule has 0 saturated carbocycles. The summed E-state index contributed by atoms with van der Waals surface area (Å²) in [5.74, 6) is 0.755. The summed E-state index contributed by atoms with van der Waals surface area (Å²) in [6, 6.07) is 0.571. The summed E-state index contributed by atoms with van der Waals surface area (Å²) in [6.07, 6.45) is 2.56. The van der Waals surface area contributed by atoms with E-state index < -0.39 is 0 Å². The van der Waals surface area contributed by atoms with E-state index in [1.54, 1.807) is 0 Å². The van der Waals surface area contributed by atoms with Crippen molar-refractivity contribution in [2.45, 2.75) is 67.3 Å². The van der Waals surface area contributed by atoms with E-state index in [0.29, 0.717) is 16.9 Å². The molecule has 15 heavy (non-hydrogen) atoms. The molecular weight excluding hydrogens is 182 g/mol. The Morgan fingerprint density at radius 3 is 1.80 bits per heavy atom. The number of rotatable bonds is 6. The lowest BCUT2D eigenvalue weighted by molar-refractivity contribution is 0.0922. The van der Waals surface area contributed by atoms with Crippen LogP contribution in [0.3, 0.4) is 0 Å². The fourth-order valence-corrected chi connectivity index (χ4v) is 2.32. The second-order valence-corrected chi connectivity index (χ2v) is 6.34. The number of hydrogen-bond acceptors (Lipinski definition) is 1. The molecule has 0 amide bonds. The van der Waals surface area contributed by atoms with Gasteiger partial charge in [-0.25, -0.2) is 0 Å². The number of nitrogens with one attached hydrogen (secondary N) is 1. The van der Waals surface area contributed by atoms with Crippen LogP contribution in [-0.2, 0) is 0 Å². The van der Waals surface area contributed by atoms with Gasteiger partial charge in [-0.15, -0.1) is 0 Å². The first-order valence-electron chi connectivity index (χ1n) is 6.37. The fraction of sp³-hybridized carbons (Fsp3) is 1.00. The van der Waals surface area contributed by atoms with Gasteiger partial charge in [0, 0.05) is 6.04 Å². The molecule has 1 N–H and O–H groups in total. The van der Waals surface area contributed by atoms with Gasteiger partial charge >= 0.3 is 0 Å². The van der Waals surface area contributed by atoms with E-state index in [1.807, 2.05) is 0 Å². The van der Waals surface area contributed by atoms with Crippen LogP contribution in [0.1, 0.15) is 61.3 Å². The van der Waals surface area contributed by atoms with Crippen LogP contribution in [0.4, 0.5) is 0 Å². The van der Waals surface area contributed by atoms with Crippen molar-refractivity contribution in [3.05, 3.63) is 0 Å². The highest BCUT2D eigenvalue weighted by Crippen LogP contribution is 2.43. The van der Waals surface area contributed by atoms with Crippen molar-refractivity contribution in [3.63, 3.8) is 0 Å². The summed E-state index contributed by atoms with van der Waals surface area (Å²) in [5.41, 5.74) is 0.832. The largest absolute Gasteiger partial charge is 0.317 e. The number of hydrogen-bond donors (Lipinski definition) is 1.